The highest BCUT2D eigenvalue weighted by Crippen LogP contribution is 2.08. The summed E-state index contributed by atoms with van der Waals surface area (Å²) < 4.78 is 1.58. The van der Waals surface area contributed by atoms with Crippen molar-refractivity contribution in [3.8, 4) is 0 Å². The molecule has 0 bridgehead atoms. The van der Waals surface area contributed by atoms with Crippen LogP contribution < -0.4 is 0 Å². The summed E-state index contributed by atoms with van der Waals surface area (Å²) in [5, 5.41) is 4.22. The summed E-state index contributed by atoms with van der Waals surface area (Å²) in [7, 11) is 1.75. The van der Waals surface area contributed by atoms with Crippen molar-refractivity contribution in [2.24, 2.45) is 7.05 Å². The van der Waals surface area contributed by atoms with Crippen molar-refractivity contribution in [2.45, 2.75) is 13.3 Å². The van der Waals surface area contributed by atoms with Crippen molar-refractivity contribution in [3.05, 3.63) is 41.7 Å². The molecule has 0 aliphatic heterocycles. The molecule has 0 aliphatic carbocycles. The summed E-state index contributed by atoms with van der Waals surface area (Å²) >= 11 is 0. The van der Waals surface area contributed by atoms with E-state index in [4.69, 9.17) is 0 Å². The minimum Gasteiger partial charge on any atom is -0.285 e. The molecule has 0 aliphatic rings. The molecule has 0 amide bonds. The third-order valence-electron chi connectivity index (χ3n) is 2.32. The summed E-state index contributed by atoms with van der Waals surface area (Å²) in [4.78, 5) is 19.9. The zero-order chi connectivity index (χ0) is 11.5. The number of hydrogen-bond donors (Lipinski definition) is 0. The molecule has 2 rings (SSSR count). The number of aromatic nitrogens is 4. The van der Waals surface area contributed by atoms with E-state index in [0.29, 0.717) is 11.4 Å². The molecule has 5 heteroatoms. The Morgan fingerprint density at radius 2 is 2.25 bits per heavy atom. The smallest absolute Gasteiger partial charge is 0.230 e. The SMILES string of the molecule is CCc1cc(C(=O)c2cnccn2)n(C)n1. The number of carbonyl (C=O) groups excluding carboxylic acids is 1. The monoisotopic (exact) mass is 216 g/mol. The van der Waals surface area contributed by atoms with E-state index in [-0.39, 0.29) is 5.78 Å². The minimum atomic E-state index is -0.150. The summed E-state index contributed by atoms with van der Waals surface area (Å²) in [6, 6.07) is 1.79. The van der Waals surface area contributed by atoms with Gasteiger partial charge in [-0.15, -0.1) is 0 Å². The third kappa shape index (κ3) is 1.84. The zero-order valence-electron chi connectivity index (χ0n) is 9.21. The zero-order valence-corrected chi connectivity index (χ0v) is 9.21. The molecule has 0 N–H and O–H groups in total. The first-order valence-electron chi connectivity index (χ1n) is 5.06. The molecule has 0 fully saturated rings. The maximum Gasteiger partial charge on any atom is 0.230 e. The van der Waals surface area contributed by atoms with Gasteiger partial charge in [0.25, 0.3) is 0 Å². The predicted molar refractivity (Wildman–Crippen MR) is 58.1 cm³/mol. The number of nitrogens with zero attached hydrogens (tertiary/aromatic N) is 4. The van der Waals surface area contributed by atoms with Crippen LogP contribution in [0.2, 0.25) is 0 Å². The molecule has 0 unspecified atom stereocenters. The van der Waals surface area contributed by atoms with Gasteiger partial charge in [0.2, 0.25) is 5.78 Å². The Kier molecular flexibility index (Phi) is 2.76. The standard InChI is InChI=1S/C11H12N4O/c1-3-8-6-10(15(2)14-8)11(16)9-7-12-4-5-13-9/h4-7H,3H2,1-2H3. The van der Waals surface area contributed by atoms with Gasteiger partial charge in [0, 0.05) is 19.4 Å². The van der Waals surface area contributed by atoms with Crippen LogP contribution in [-0.2, 0) is 13.5 Å². The first kappa shape index (κ1) is 10.5. The van der Waals surface area contributed by atoms with Gasteiger partial charge < -0.3 is 0 Å². The molecule has 2 aromatic heterocycles. The lowest BCUT2D eigenvalue weighted by Gasteiger charge is -1.98. The highest BCUT2D eigenvalue weighted by atomic mass is 16.1. The fourth-order valence-electron chi connectivity index (χ4n) is 1.46. The van der Waals surface area contributed by atoms with E-state index in [9.17, 15) is 4.79 Å². The number of ketones is 1. The maximum absolute atomic E-state index is 12.0. The van der Waals surface area contributed by atoms with Crippen molar-refractivity contribution in [1.29, 1.82) is 0 Å². The van der Waals surface area contributed by atoms with Crippen LogP contribution in [-0.4, -0.2) is 25.5 Å². The summed E-state index contributed by atoms with van der Waals surface area (Å²) in [5.41, 5.74) is 1.78. The van der Waals surface area contributed by atoms with Crippen LogP contribution in [0.4, 0.5) is 0 Å². The topological polar surface area (TPSA) is 60.7 Å². The lowest BCUT2D eigenvalue weighted by Crippen LogP contribution is -2.09. The van der Waals surface area contributed by atoms with Gasteiger partial charge >= 0.3 is 0 Å². The Bertz CT molecular complexity index is 504. The Balaban J connectivity index is 2.38. The molecule has 0 saturated heterocycles. The molecule has 0 atom stereocenters. The Morgan fingerprint density at radius 1 is 1.44 bits per heavy atom. The second kappa shape index (κ2) is 4.22. The second-order valence-corrected chi connectivity index (χ2v) is 3.42. The van der Waals surface area contributed by atoms with Crippen LogP contribution in [0.15, 0.2) is 24.7 Å². The molecular formula is C11H12N4O. The van der Waals surface area contributed by atoms with Crippen molar-refractivity contribution in [3.63, 3.8) is 0 Å². The molecule has 2 aromatic rings. The highest BCUT2D eigenvalue weighted by molar-refractivity contribution is 6.06. The molecule has 0 radical (unpaired) electrons. The van der Waals surface area contributed by atoms with E-state index in [1.54, 1.807) is 17.8 Å². The Hall–Kier alpha value is -2.04. The van der Waals surface area contributed by atoms with E-state index in [1.165, 1.54) is 18.6 Å². The van der Waals surface area contributed by atoms with Crippen LogP contribution in [0.1, 0.15) is 28.8 Å². The number of carbonyl (C=O) groups is 1. The third-order valence-corrected chi connectivity index (χ3v) is 2.32. The average Bonchev–Trinajstić information content (AvgIpc) is 2.71. The first-order valence-corrected chi connectivity index (χ1v) is 5.06. The van der Waals surface area contributed by atoms with Gasteiger partial charge in [-0.1, -0.05) is 6.92 Å². The van der Waals surface area contributed by atoms with Crippen molar-refractivity contribution in [1.82, 2.24) is 19.7 Å². The van der Waals surface area contributed by atoms with E-state index < -0.39 is 0 Å². The molecule has 0 saturated carbocycles. The Morgan fingerprint density at radius 3 is 2.81 bits per heavy atom. The summed E-state index contributed by atoms with van der Waals surface area (Å²) in [6.07, 6.45) is 5.31. The maximum atomic E-state index is 12.0. The lowest BCUT2D eigenvalue weighted by atomic mass is 10.2. The van der Waals surface area contributed by atoms with Crippen LogP contribution in [0.5, 0.6) is 0 Å². The first-order chi connectivity index (χ1) is 7.72. The molecular weight excluding hydrogens is 204 g/mol. The van der Waals surface area contributed by atoms with E-state index >= 15 is 0 Å². The van der Waals surface area contributed by atoms with Crippen LogP contribution in [0.3, 0.4) is 0 Å². The second-order valence-electron chi connectivity index (χ2n) is 3.42. The highest BCUT2D eigenvalue weighted by Gasteiger charge is 2.15. The fourth-order valence-corrected chi connectivity index (χ4v) is 1.46. The molecule has 2 heterocycles. The summed E-state index contributed by atoms with van der Waals surface area (Å²) in [5.74, 6) is -0.150. The van der Waals surface area contributed by atoms with Gasteiger partial charge in [0.05, 0.1) is 11.9 Å². The summed E-state index contributed by atoms with van der Waals surface area (Å²) in [6.45, 7) is 2.00. The number of aryl methyl sites for hydroxylation is 2. The molecule has 5 nitrogen and oxygen atoms in total. The van der Waals surface area contributed by atoms with Gasteiger partial charge in [-0.3, -0.25) is 14.5 Å². The largest absolute Gasteiger partial charge is 0.285 e. The number of hydrogen-bond acceptors (Lipinski definition) is 4. The average molecular weight is 216 g/mol. The van der Waals surface area contributed by atoms with Crippen LogP contribution in [0, 0.1) is 0 Å². The van der Waals surface area contributed by atoms with E-state index in [2.05, 4.69) is 15.1 Å². The van der Waals surface area contributed by atoms with E-state index in [1.807, 2.05) is 6.92 Å². The predicted octanol–water partition coefficient (Wildman–Crippen LogP) is 1.00. The molecule has 0 aromatic carbocycles. The normalized spacial score (nSPS) is 10.4. The molecule has 16 heavy (non-hydrogen) atoms. The van der Waals surface area contributed by atoms with Gasteiger partial charge in [0.1, 0.15) is 11.4 Å². The van der Waals surface area contributed by atoms with Gasteiger partial charge in [0.15, 0.2) is 0 Å². The quantitative estimate of drug-likeness (QED) is 0.718. The van der Waals surface area contributed by atoms with E-state index in [0.717, 1.165) is 12.1 Å². The van der Waals surface area contributed by atoms with Crippen LogP contribution >= 0.6 is 0 Å². The fraction of sp³-hybridized carbons (Fsp3) is 0.273. The van der Waals surface area contributed by atoms with Crippen molar-refractivity contribution in [2.75, 3.05) is 0 Å². The van der Waals surface area contributed by atoms with Crippen molar-refractivity contribution < 1.29 is 4.79 Å². The van der Waals surface area contributed by atoms with Crippen molar-refractivity contribution >= 4 is 5.78 Å². The minimum absolute atomic E-state index is 0.150. The van der Waals surface area contributed by atoms with Gasteiger partial charge in [-0.2, -0.15) is 5.10 Å². The Labute approximate surface area is 93.2 Å². The van der Waals surface area contributed by atoms with Crippen LogP contribution in [0.25, 0.3) is 0 Å². The van der Waals surface area contributed by atoms with Gasteiger partial charge in [-0.05, 0) is 12.5 Å². The van der Waals surface area contributed by atoms with Gasteiger partial charge in [-0.25, -0.2) is 4.98 Å². The molecule has 82 valence electrons. The molecule has 0 spiro atoms. The lowest BCUT2D eigenvalue weighted by molar-refractivity contribution is 0.102. The number of rotatable bonds is 3.